The molecule has 2 aromatic rings. The Morgan fingerprint density at radius 3 is 2.83 bits per heavy atom. The third-order valence-electron chi connectivity index (χ3n) is 3.51. The van der Waals surface area contributed by atoms with Gasteiger partial charge in [-0.2, -0.15) is 5.10 Å². The van der Waals surface area contributed by atoms with Gasteiger partial charge in [0.15, 0.2) is 5.52 Å². The predicted molar refractivity (Wildman–Crippen MR) is 84.0 cm³/mol. The first-order chi connectivity index (χ1) is 10.8. The molecule has 0 fully saturated rings. The molecule has 122 valence electrons. The van der Waals surface area contributed by atoms with Gasteiger partial charge in [-0.15, -0.1) is 0 Å². The molecule has 0 aromatic carbocycles. The molecule has 1 aliphatic rings. The number of hydrogen-bond acceptors (Lipinski definition) is 5. The van der Waals surface area contributed by atoms with Gasteiger partial charge in [-0.1, -0.05) is 6.08 Å². The van der Waals surface area contributed by atoms with Crippen LogP contribution in [0, 0.1) is 0 Å². The molecule has 2 aromatic heterocycles. The number of hydrogen-bond donors (Lipinski definition) is 1. The minimum atomic E-state index is -0.514. The van der Waals surface area contributed by atoms with E-state index in [1.54, 1.807) is 4.90 Å². The van der Waals surface area contributed by atoms with E-state index >= 15 is 0 Å². The highest BCUT2D eigenvalue weighted by Gasteiger charge is 2.25. The van der Waals surface area contributed by atoms with Gasteiger partial charge >= 0.3 is 6.09 Å². The molecule has 8 nitrogen and oxygen atoms in total. The summed E-state index contributed by atoms with van der Waals surface area (Å²) in [5.41, 5.74) is 1.22. The Kier molecular flexibility index (Phi) is 3.67. The molecule has 8 heteroatoms. The van der Waals surface area contributed by atoms with Crippen LogP contribution >= 0.6 is 0 Å². The van der Waals surface area contributed by atoms with Crippen LogP contribution in [0.3, 0.4) is 0 Å². The fourth-order valence-electron chi connectivity index (χ4n) is 2.47. The number of ether oxygens (including phenoxy) is 1. The lowest BCUT2D eigenvalue weighted by atomic mass is 10.0. The number of H-pyrrole nitrogens is 1. The molecule has 1 amide bonds. The summed E-state index contributed by atoms with van der Waals surface area (Å²) in [6.07, 6.45) is 5.03. The standard InChI is InChI=1S/C15H19N5O3/c1-15(2,3)23-14(22)19-6-4-10(5-7-19)11-12-13(21)16-8-18-20(12)9-17-11/h4,8-9H,5-7H2,1-3H3,(H,16,18,21). The van der Waals surface area contributed by atoms with Gasteiger partial charge in [-0.3, -0.25) is 4.79 Å². The van der Waals surface area contributed by atoms with Crippen molar-refractivity contribution >= 4 is 17.2 Å². The number of aromatic amines is 1. The van der Waals surface area contributed by atoms with E-state index in [2.05, 4.69) is 15.1 Å². The van der Waals surface area contributed by atoms with Crippen molar-refractivity contribution in [2.75, 3.05) is 13.1 Å². The van der Waals surface area contributed by atoms with Crippen LogP contribution in [-0.4, -0.2) is 49.3 Å². The second-order valence-electron chi connectivity index (χ2n) is 6.41. The third-order valence-corrected chi connectivity index (χ3v) is 3.51. The van der Waals surface area contributed by atoms with Crippen molar-refractivity contribution in [3.63, 3.8) is 0 Å². The second-order valence-corrected chi connectivity index (χ2v) is 6.41. The Hall–Kier alpha value is -2.64. The zero-order valence-corrected chi connectivity index (χ0v) is 13.4. The fourth-order valence-corrected chi connectivity index (χ4v) is 2.47. The maximum atomic E-state index is 12.1. The first-order valence-electron chi connectivity index (χ1n) is 7.43. The highest BCUT2D eigenvalue weighted by atomic mass is 16.6. The van der Waals surface area contributed by atoms with Crippen LogP contribution in [0.4, 0.5) is 4.79 Å². The van der Waals surface area contributed by atoms with Gasteiger partial charge < -0.3 is 14.6 Å². The topological polar surface area (TPSA) is 92.6 Å². The number of carbonyl (C=O) groups excluding carboxylic acids is 1. The Labute approximate surface area is 132 Å². The molecule has 0 saturated carbocycles. The lowest BCUT2D eigenvalue weighted by molar-refractivity contribution is 0.0270. The van der Waals surface area contributed by atoms with Crippen LogP contribution in [0.1, 0.15) is 32.9 Å². The Morgan fingerprint density at radius 1 is 1.39 bits per heavy atom. The maximum Gasteiger partial charge on any atom is 0.410 e. The molecule has 3 rings (SSSR count). The highest BCUT2D eigenvalue weighted by Crippen LogP contribution is 2.24. The van der Waals surface area contributed by atoms with Crippen LogP contribution < -0.4 is 5.56 Å². The average Bonchev–Trinajstić information content (AvgIpc) is 2.91. The van der Waals surface area contributed by atoms with E-state index in [4.69, 9.17) is 4.74 Å². The van der Waals surface area contributed by atoms with Crippen LogP contribution in [0.2, 0.25) is 0 Å². The number of nitrogens with zero attached hydrogens (tertiary/aromatic N) is 4. The third kappa shape index (κ3) is 3.10. The van der Waals surface area contributed by atoms with Crippen LogP contribution in [0.15, 0.2) is 23.5 Å². The molecule has 0 spiro atoms. The molecular weight excluding hydrogens is 298 g/mol. The average molecular weight is 317 g/mol. The Morgan fingerprint density at radius 2 is 2.17 bits per heavy atom. The van der Waals surface area contributed by atoms with E-state index in [1.807, 2.05) is 26.8 Å². The zero-order valence-electron chi connectivity index (χ0n) is 13.4. The fraction of sp³-hybridized carbons (Fsp3) is 0.467. The lowest BCUT2D eigenvalue weighted by Gasteiger charge is -2.29. The summed E-state index contributed by atoms with van der Waals surface area (Å²) in [6.45, 7) is 6.48. The van der Waals surface area contributed by atoms with E-state index in [1.165, 1.54) is 17.2 Å². The molecule has 0 radical (unpaired) electrons. The van der Waals surface area contributed by atoms with E-state index in [-0.39, 0.29) is 11.7 Å². The number of imidazole rings is 1. The summed E-state index contributed by atoms with van der Waals surface area (Å²) >= 11 is 0. The molecule has 0 unspecified atom stereocenters. The van der Waals surface area contributed by atoms with Crippen LogP contribution in [-0.2, 0) is 4.74 Å². The summed E-state index contributed by atoms with van der Waals surface area (Å²) in [5, 5.41) is 4.03. The maximum absolute atomic E-state index is 12.1. The normalized spacial score (nSPS) is 15.6. The van der Waals surface area contributed by atoms with E-state index in [9.17, 15) is 9.59 Å². The minimum Gasteiger partial charge on any atom is -0.444 e. The predicted octanol–water partition coefficient (Wildman–Crippen LogP) is 1.44. The van der Waals surface area contributed by atoms with Crippen molar-refractivity contribution in [3.8, 4) is 0 Å². The van der Waals surface area contributed by atoms with Crippen molar-refractivity contribution in [2.45, 2.75) is 32.8 Å². The molecule has 1 N–H and O–H groups in total. The molecule has 0 bridgehead atoms. The number of fused-ring (bicyclic) bond motifs is 1. The monoisotopic (exact) mass is 317 g/mol. The highest BCUT2D eigenvalue weighted by molar-refractivity contribution is 5.77. The Balaban J connectivity index is 1.81. The van der Waals surface area contributed by atoms with Crippen molar-refractivity contribution in [2.24, 2.45) is 0 Å². The summed E-state index contributed by atoms with van der Waals surface area (Å²) in [7, 11) is 0. The quantitative estimate of drug-likeness (QED) is 0.859. The molecule has 23 heavy (non-hydrogen) atoms. The number of rotatable bonds is 1. The van der Waals surface area contributed by atoms with Gasteiger partial charge in [0.25, 0.3) is 5.56 Å². The molecule has 0 saturated heterocycles. The van der Waals surface area contributed by atoms with E-state index in [0.29, 0.717) is 30.7 Å². The SMILES string of the molecule is CC(C)(C)OC(=O)N1CC=C(c2ncn3nc[nH]c(=O)c23)CC1. The molecule has 3 heterocycles. The zero-order chi connectivity index (χ0) is 16.6. The summed E-state index contributed by atoms with van der Waals surface area (Å²) in [6, 6.07) is 0. The summed E-state index contributed by atoms with van der Waals surface area (Å²) in [5.74, 6) is 0. The van der Waals surface area contributed by atoms with Crippen molar-refractivity contribution < 1.29 is 9.53 Å². The van der Waals surface area contributed by atoms with Crippen LogP contribution in [0.25, 0.3) is 11.1 Å². The summed E-state index contributed by atoms with van der Waals surface area (Å²) < 4.78 is 6.82. The van der Waals surface area contributed by atoms with Gasteiger partial charge in [0.2, 0.25) is 0 Å². The lowest BCUT2D eigenvalue weighted by Crippen LogP contribution is -2.39. The smallest absolute Gasteiger partial charge is 0.410 e. The number of nitrogens with one attached hydrogen (secondary N) is 1. The molecule has 0 aliphatic carbocycles. The first kappa shape index (κ1) is 15.3. The number of aromatic nitrogens is 4. The van der Waals surface area contributed by atoms with Gasteiger partial charge in [0, 0.05) is 13.1 Å². The van der Waals surface area contributed by atoms with Crippen molar-refractivity contribution in [3.05, 3.63) is 34.8 Å². The summed E-state index contributed by atoms with van der Waals surface area (Å²) in [4.78, 5) is 32.5. The van der Waals surface area contributed by atoms with E-state index in [0.717, 1.165) is 5.57 Å². The number of carbonyl (C=O) groups is 1. The minimum absolute atomic E-state index is 0.233. The van der Waals surface area contributed by atoms with Gasteiger partial charge in [-0.05, 0) is 32.8 Å². The Bertz CT molecular complexity index is 827. The van der Waals surface area contributed by atoms with Gasteiger partial charge in [-0.25, -0.2) is 14.3 Å². The second kappa shape index (κ2) is 5.53. The molecule has 0 atom stereocenters. The van der Waals surface area contributed by atoms with E-state index < -0.39 is 5.60 Å². The van der Waals surface area contributed by atoms with Crippen molar-refractivity contribution in [1.82, 2.24) is 24.5 Å². The first-order valence-corrected chi connectivity index (χ1v) is 7.43. The molecule has 1 aliphatic heterocycles. The number of amides is 1. The van der Waals surface area contributed by atoms with Gasteiger partial charge in [0.05, 0.1) is 5.69 Å². The van der Waals surface area contributed by atoms with Crippen LogP contribution in [0.5, 0.6) is 0 Å². The molecular formula is C15H19N5O3. The van der Waals surface area contributed by atoms with Gasteiger partial charge in [0.1, 0.15) is 18.3 Å². The largest absolute Gasteiger partial charge is 0.444 e. The van der Waals surface area contributed by atoms with Crippen molar-refractivity contribution in [1.29, 1.82) is 0 Å².